The van der Waals surface area contributed by atoms with Crippen LogP contribution in [-0.4, -0.2) is 24.6 Å². The molecule has 2 N–H and O–H groups in total. The first-order chi connectivity index (χ1) is 13.2. The number of benzene rings is 2. The van der Waals surface area contributed by atoms with Crippen LogP contribution in [0.15, 0.2) is 66.9 Å². The third-order valence-electron chi connectivity index (χ3n) is 3.79. The number of ether oxygens (including phenoxy) is 2. The zero-order valence-electron chi connectivity index (χ0n) is 15.2. The van der Waals surface area contributed by atoms with E-state index in [2.05, 4.69) is 15.6 Å². The van der Waals surface area contributed by atoms with Gasteiger partial charge in [-0.1, -0.05) is 0 Å². The minimum atomic E-state index is -0.282. The molecule has 27 heavy (non-hydrogen) atoms. The molecular formula is C21H21N3O3. The summed E-state index contributed by atoms with van der Waals surface area (Å²) in [4.78, 5) is 16.6. The Morgan fingerprint density at radius 2 is 1.59 bits per heavy atom. The lowest BCUT2D eigenvalue weighted by Gasteiger charge is -2.10. The monoisotopic (exact) mass is 363 g/mol. The molecule has 0 aliphatic rings. The van der Waals surface area contributed by atoms with Gasteiger partial charge in [0.1, 0.15) is 17.2 Å². The van der Waals surface area contributed by atoms with E-state index >= 15 is 0 Å². The lowest BCUT2D eigenvalue weighted by Crippen LogP contribution is -2.13. The number of amides is 1. The highest BCUT2D eigenvalue weighted by Gasteiger charge is 2.09. The van der Waals surface area contributed by atoms with Gasteiger partial charge in [0, 0.05) is 23.3 Å². The molecule has 0 atom stereocenters. The van der Waals surface area contributed by atoms with Gasteiger partial charge in [-0.15, -0.1) is 0 Å². The van der Waals surface area contributed by atoms with Gasteiger partial charge in [-0.3, -0.25) is 9.78 Å². The van der Waals surface area contributed by atoms with Crippen LogP contribution in [0.25, 0.3) is 0 Å². The number of carbonyl (C=O) groups is 1. The minimum absolute atomic E-state index is 0.282. The summed E-state index contributed by atoms with van der Waals surface area (Å²) in [5.74, 6) is 1.26. The summed E-state index contributed by atoms with van der Waals surface area (Å²) < 4.78 is 10.5. The molecule has 0 aliphatic heterocycles. The van der Waals surface area contributed by atoms with Crippen LogP contribution < -0.4 is 20.1 Å². The van der Waals surface area contributed by atoms with E-state index in [-0.39, 0.29) is 5.91 Å². The number of hydrogen-bond acceptors (Lipinski definition) is 5. The lowest BCUT2D eigenvalue weighted by atomic mass is 10.2. The Balaban J connectivity index is 1.67. The topological polar surface area (TPSA) is 72.5 Å². The van der Waals surface area contributed by atoms with E-state index in [4.69, 9.17) is 9.47 Å². The fourth-order valence-electron chi connectivity index (χ4n) is 2.47. The van der Waals surface area contributed by atoms with E-state index in [0.29, 0.717) is 18.0 Å². The van der Waals surface area contributed by atoms with Crippen LogP contribution in [0.5, 0.6) is 11.5 Å². The number of nitrogens with zero attached hydrogens (tertiary/aromatic N) is 1. The number of rotatable bonds is 7. The fraction of sp³-hybridized carbons (Fsp3) is 0.143. The summed E-state index contributed by atoms with van der Waals surface area (Å²) in [6.45, 7) is 2.57. The zero-order chi connectivity index (χ0) is 19.1. The highest BCUT2D eigenvalue weighted by molar-refractivity contribution is 6.03. The third kappa shape index (κ3) is 4.98. The molecule has 1 amide bonds. The minimum Gasteiger partial charge on any atom is -0.497 e. The van der Waals surface area contributed by atoms with Crippen LogP contribution in [0.1, 0.15) is 17.4 Å². The molecule has 0 aliphatic carbocycles. The molecule has 3 rings (SSSR count). The highest BCUT2D eigenvalue weighted by Crippen LogP contribution is 2.21. The van der Waals surface area contributed by atoms with Gasteiger partial charge >= 0.3 is 0 Å². The second-order valence-electron chi connectivity index (χ2n) is 5.69. The number of aromatic nitrogens is 1. The lowest BCUT2D eigenvalue weighted by molar-refractivity contribution is 0.102. The van der Waals surface area contributed by atoms with Crippen molar-refractivity contribution in [2.75, 3.05) is 24.4 Å². The molecule has 0 fully saturated rings. The Hall–Kier alpha value is -3.54. The quantitative estimate of drug-likeness (QED) is 0.647. The van der Waals surface area contributed by atoms with Crippen molar-refractivity contribution in [2.45, 2.75) is 6.92 Å². The number of anilines is 3. The first-order valence-electron chi connectivity index (χ1n) is 8.59. The summed E-state index contributed by atoms with van der Waals surface area (Å²) in [7, 11) is 1.60. The van der Waals surface area contributed by atoms with Gasteiger partial charge in [-0.2, -0.15) is 0 Å². The molecule has 0 saturated carbocycles. The van der Waals surface area contributed by atoms with E-state index in [0.717, 1.165) is 22.9 Å². The van der Waals surface area contributed by atoms with Gasteiger partial charge in [0.25, 0.3) is 5.91 Å². The molecule has 138 valence electrons. The van der Waals surface area contributed by atoms with Crippen molar-refractivity contribution in [1.82, 2.24) is 4.98 Å². The van der Waals surface area contributed by atoms with Gasteiger partial charge < -0.3 is 20.1 Å². The Kier molecular flexibility index (Phi) is 5.89. The number of pyridine rings is 1. The predicted octanol–water partition coefficient (Wildman–Crippen LogP) is 4.48. The summed E-state index contributed by atoms with van der Waals surface area (Å²) in [6.07, 6.45) is 1.60. The second kappa shape index (κ2) is 8.71. The molecule has 6 heteroatoms. The Labute approximate surface area is 158 Å². The predicted molar refractivity (Wildman–Crippen MR) is 106 cm³/mol. The molecular weight excluding hydrogens is 342 g/mol. The third-order valence-corrected chi connectivity index (χ3v) is 3.79. The van der Waals surface area contributed by atoms with Crippen LogP contribution >= 0.6 is 0 Å². The summed E-state index contributed by atoms with van der Waals surface area (Å²) in [6, 6.07) is 18.3. The van der Waals surface area contributed by atoms with Crippen LogP contribution in [-0.2, 0) is 0 Å². The van der Waals surface area contributed by atoms with E-state index in [1.807, 2.05) is 31.2 Å². The zero-order valence-corrected chi connectivity index (χ0v) is 15.2. The molecule has 3 aromatic rings. The average molecular weight is 363 g/mol. The van der Waals surface area contributed by atoms with E-state index < -0.39 is 0 Å². The van der Waals surface area contributed by atoms with E-state index in [1.165, 1.54) is 0 Å². The normalized spacial score (nSPS) is 10.1. The molecule has 0 bridgehead atoms. The van der Waals surface area contributed by atoms with Crippen LogP contribution in [0.3, 0.4) is 0 Å². The van der Waals surface area contributed by atoms with Gasteiger partial charge in [0.05, 0.1) is 13.7 Å². The number of carbonyl (C=O) groups excluding carboxylic acids is 1. The maximum absolute atomic E-state index is 12.4. The van der Waals surface area contributed by atoms with Crippen molar-refractivity contribution in [3.05, 3.63) is 72.6 Å². The summed E-state index contributed by atoms with van der Waals surface area (Å²) >= 11 is 0. The number of methoxy groups -OCH3 is 1. The van der Waals surface area contributed by atoms with Crippen LogP contribution in [0, 0.1) is 0 Å². The van der Waals surface area contributed by atoms with Crippen LogP contribution in [0.2, 0.25) is 0 Å². The first-order valence-corrected chi connectivity index (χ1v) is 8.59. The Bertz CT molecular complexity index is 893. The van der Waals surface area contributed by atoms with Crippen molar-refractivity contribution in [1.29, 1.82) is 0 Å². The Morgan fingerprint density at radius 1 is 0.926 bits per heavy atom. The van der Waals surface area contributed by atoms with Gasteiger partial charge in [-0.25, -0.2) is 0 Å². The van der Waals surface area contributed by atoms with E-state index in [9.17, 15) is 4.79 Å². The second-order valence-corrected chi connectivity index (χ2v) is 5.69. The van der Waals surface area contributed by atoms with Crippen molar-refractivity contribution >= 4 is 23.0 Å². The SMILES string of the molecule is CCOc1ccc(Nc2ccnc(C(=O)Nc3ccc(OC)cc3)c2)cc1. The first kappa shape index (κ1) is 18.3. The van der Waals surface area contributed by atoms with Crippen molar-refractivity contribution in [2.24, 2.45) is 0 Å². The molecule has 6 nitrogen and oxygen atoms in total. The number of hydrogen-bond donors (Lipinski definition) is 2. The largest absolute Gasteiger partial charge is 0.497 e. The van der Waals surface area contributed by atoms with Gasteiger partial charge in [-0.05, 0) is 67.6 Å². The smallest absolute Gasteiger partial charge is 0.274 e. The molecule has 2 aromatic carbocycles. The maximum Gasteiger partial charge on any atom is 0.274 e. The molecule has 1 heterocycles. The van der Waals surface area contributed by atoms with Crippen LogP contribution in [0.4, 0.5) is 17.1 Å². The van der Waals surface area contributed by atoms with Gasteiger partial charge in [0.15, 0.2) is 0 Å². The van der Waals surface area contributed by atoms with Crippen molar-refractivity contribution in [3.8, 4) is 11.5 Å². The number of nitrogens with one attached hydrogen (secondary N) is 2. The average Bonchev–Trinajstić information content (AvgIpc) is 2.70. The Morgan fingerprint density at radius 3 is 2.26 bits per heavy atom. The van der Waals surface area contributed by atoms with Gasteiger partial charge in [0.2, 0.25) is 0 Å². The molecule has 0 radical (unpaired) electrons. The molecule has 0 saturated heterocycles. The summed E-state index contributed by atoms with van der Waals surface area (Å²) in [5, 5.41) is 6.08. The summed E-state index contributed by atoms with van der Waals surface area (Å²) in [5.41, 5.74) is 2.66. The molecule has 1 aromatic heterocycles. The maximum atomic E-state index is 12.4. The van der Waals surface area contributed by atoms with Crippen molar-refractivity contribution < 1.29 is 14.3 Å². The van der Waals surface area contributed by atoms with E-state index in [1.54, 1.807) is 49.7 Å². The molecule has 0 spiro atoms. The molecule has 0 unspecified atom stereocenters. The fourth-order valence-corrected chi connectivity index (χ4v) is 2.47. The standard InChI is InChI=1S/C21H21N3O3/c1-3-27-19-10-6-15(7-11-19)23-17-12-13-22-20(14-17)21(25)24-16-4-8-18(26-2)9-5-16/h4-14H,3H2,1-2H3,(H,22,23)(H,24,25). The van der Waals surface area contributed by atoms with Crippen molar-refractivity contribution in [3.63, 3.8) is 0 Å². The highest BCUT2D eigenvalue weighted by atomic mass is 16.5.